The van der Waals surface area contributed by atoms with Crippen LogP contribution in [-0.2, 0) is 6.18 Å². The lowest BCUT2D eigenvalue weighted by atomic mass is 10.4. The molecule has 1 nitrogen and oxygen atoms in total. The third-order valence-corrected chi connectivity index (χ3v) is 2.79. The second-order valence-electron chi connectivity index (χ2n) is 2.45. The number of aromatic nitrogens is 1. The van der Waals surface area contributed by atoms with Crippen molar-refractivity contribution in [2.75, 3.05) is 5.33 Å². The van der Waals surface area contributed by atoms with E-state index >= 15 is 0 Å². The van der Waals surface area contributed by atoms with Crippen LogP contribution in [0.15, 0.2) is 12.3 Å². The lowest BCUT2D eigenvalue weighted by Gasteiger charge is -1.98. The van der Waals surface area contributed by atoms with Crippen LogP contribution in [0.4, 0.5) is 13.2 Å². The van der Waals surface area contributed by atoms with E-state index in [4.69, 9.17) is 0 Å². The fourth-order valence-electron chi connectivity index (χ4n) is 0.757. The van der Waals surface area contributed by atoms with Crippen molar-refractivity contribution in [3.8, 4) is 0 Å². The van der Waals surface area contributed by atoms with Gasteiger partial charge in [-0.2, -0.15) is 13.2 Å². The summed E-state index contributed by atoms with van der Waals surface area (Å²) in [5.74, 6) is 0. The molecular formula is C8H7BrF3NS. The maximum atomic E-state index is 12.1. The van der Waals surface area contributed by atoms with Gasteiger partial charge in [-0.15, -0.1) is 11.3 Å². The van der Waals surface area contributed by atoms with Crippen molar-refractivity contribution < 1.29 is 13.2 Å². The van der Waals surface area contributed by atoms with Gasteiger partial charge in [-0.1, -0.05) is 22.0 Å². The number of hydrogen-bond donors (Lipinski definition) is 0. The van der Waals surface area contributed by atoms with E-state index in [0.717, 1.165) is 11.8 Å². The third kappa shape index (κ3) is 3.42. The molecule has 1 rings (SSSR count). The molecule has 0 aliphatic rings. The number of thiazole rings is 1. The highest BCUT2D eigenvalue weighted by Gasteiger charge is 2.34. The maximum absolute atomic E-state index is 12.1. The van der Waals surface area contributed by atoms with Crippen LogP contribution in [0.3, 0.4) is 0 Å². The van der Waals surface area contributed by atoms with Gasteiger partial charge < -0.3 is 0 Å². The zero-order valence-corrected chi connectivity index (χ0v) is 9.42. The Labute approximate surface area is 91.8 Å². The predicted molar refractivity (Wildman–Crippen MR) is 54.6 cm³/mol. The summed E-state index contributed by atoms with van der Waals surface area (Å²) in [6.45, 7) is 0. The summed E-state index contributed by atoms with van der Waals surface area (Å²) in [6.07, 6.45) is 1.15. The average Bonchev–Trinajstić information content (AvgIpc) is 2.52. The molecule has 6 heteroatoms. The van der Waals surface area contributed by atoms with Crippen LogP contribution < -0.4 is 0 Å². The molecule has 1 heterocycles. The van der Waals surface area contributed by atoms with Crippen molar-refractivity contribution in [1.82, 2.24) is 4.98 Å². The first-order valence-electron chi connectivity index (χ1n) is 3.79. The Morgan fingerprint density at radius 2 is 2.21 bits per heavy atom. The second kappa shape index (κ2) is 4.93. The Kier molecular flexibility index (Phi) is 4.12. The van der Waals surface area contributed by atoms with Crippen LogP contribution in [0.1, 0.15) is 16.3 Å². The van der Waals surface area contributed by atoms with E-state index < -0.39 is 11.2 Å². The summed E-state index contributed by atoms with van der Waals surface area (Å²) in [7, 11) is 0. The first-order chi connectivity index (χ1) is 6.54. The van der Waals surface area contributed by atoms with Crippen LogP contribution in [0.5, 0.6) is 0 Å². The second-order valence-corrected chi connectivity index (χ2v) is 4.30. The van der Waals surface area contributed by atoms with Crippen LogP contribution in [0.2, 0.25) is 0 Å². The molecule has 0 aromatic carbocycles. The molecule has 0 N–H and O–H groups in total. The molecule has 0 unspecified atom stereocenters. The van der Waals surface area contributed by atoms with Gasteiger partial charge in [0.1, 0.15) is 0 Å². The Bertz CT molecular complexity index is 319. The van der Waals surface area contributed by atoms with Gasteiger partial charge in [0.25, 0.3) is 0 Å². The number of hydrogen-bond acceptors (Lipinski definition) is 2. The summed E-state index contributed by atoms with van der Waals surface area (Å²) < 4.78 is 36.3. The van der Waals surface area contributed by atoms with E-state index in [9.17, 15) is 13.2 Å². The SMILES string of the molecule is FC(F)(F)c1ncc(/C=C/CCBr)s1. The van der Waals surface area contributed by atoms with Crippen molar-refractivity contribution >= 4 is 33.3 Å². The number of nitrogens with zero attached hydrogens (tertiary/aromatic N) is 1. The number of rotatable bonds is 3. The van der Waals surface area contributed by atoms with Gasteiger partial charge in [0, 0.05) is 16.4 Å². The predicted octanol–water partition coefficient (Wildman–Crippen LogP) is 3.96. The molecule has 78 valence electrons. The minimum Gasteiger partial charge on any atom is -0.240 e. The minimum atomic E-state index is -4.33. The molecule has 0 saturated carbocycles. The van der Waals surface area contributed by atoms with Gasteiger partial charge in [0.05, 0.1) is 0 Å². The zero-order chi connectivity index (χ0) is 10.6. The van der Waals surface area contributed by atoms with Crippen molar-refractivity contribution in [2.24, 2.45) is 0 Å². The van der Waals surface area contributed by atoms with E-state index in [2.05, 4.69) is 20.9 Å². The molecule has 0 amide bonds. The summed E-state index contributed by atoms with van der Waals surface area (Å²) in [5.41, 5.74) is 0. The van der Waals surface area contributed by atoms with Crippen molar-refractivity contribution in [2.45, 2.75) is 12.6 Å². The van der Waals surface area contributed by atoms with E-state index in [-0.39, 0.29) is 0 Å². The fourth-order valence-corrected chi connectivity index (χ4v) is 1.74. The fraction of sp³-hybridized carbons (Fsp3) is 0.375. The Balaban J connectivity index is 2.69. The molecule has 1 aromatic rings. The molecule has 0 radical (unpaired) electrons. The Hall–Kier alpha value is -0.360. The Morgan fingerprint density at radius 3 is 2.71 bits per heavy atom. The minimum absolute atomic E-state index is 0.526. The van der Waals surface area contributed by atoms with E-state index in [1.54, 1.807) is 6.08 Å². The number of alkyl halides is 4. The molecule has 0 atom stereocenters. The van der Waals surface area contributed by atoms with Crippen LogP contribution >= 0.6 is 27.3 Å². The summed E-state index contributed by atoms with van der Waals surface area (Å²) >= 11 is 3.87. The summed E-state index contributed by atoms with van der Waals surface area (Å²) in [6, 6.07) is 0. The Morgan fingerprint density at radius 1 is 1.50 bits per heavy atom. The van der Waals surface area contributed by atoms with Crippen LogP contribution in [0.25, 0.3) is 6.08 Å². The van der Waals surface area contributed by atoms with Gasteiger partial charge in [0.15, 0.2) is 5.01 Å². The molecular weight excluding hydrogens is 279 g/mol. The van der Waals surface area contributed by atoms with E-state index in [1.165, 1.54) is 6.20 Å². The number of allylic oxidation sites excluding steroid dienone is 1. The average molecular weight is 286 g/mol. The van der Waals surface area contributed by atoms with Crippen molar-refractivity contribution in [1.29, 1.82) is 0 Å². The highest BCUT2D eigenvalue weighted by Crippen LogP contribution is 2.32. The molecule has 1 aromatic heterocycles. The zero-order valence-electron chi connectivity index (χ0n) is 7.01. The molecule has 0 aliphatic heterocycles. The highest BCUT2D eigenvalue weighted by atomic mass is 79.9. The topological polar surface area (TPSA) is 12.9 Å². The smallest absolute Gasteiger partial charge is 0.240 e. The first kappa shape index (κ1) is 11.7. The van der Waals surface area contributed by atoms with Gasteiger partial charge in [-0.05, 0) is 12.5 Å². The molecule has 0 saturated heterocycles. The number of halogens is 4. The van der Waals surface area contributed by atoms with Gasteiger partial charge in [-0.25, -0.2) is 4.98 Å². The summed E-state index contributed by atoms with van der Waals surface area (Å²) in [4.78, 5) is 3.82. The molecule has 0 fully saturated rings. The van der Waals surface area contributed by atoms with Crippen LogP contribution in [0, 0.1) is 0 Å². The van der Waals surface area contributed by atoms with E-state index in [1.807, 2.05) is 6.08 Å². The quantitative estimate of drug-likeness (QED) is 0.766. The maximum Gasteiger partial charge on any atom is 0.443 e. The van der Waals surface area contributed by atoms with Gasteiger partial charge in [0.2, 0.25) is 0 Å². The molecule has 0 bridgehead atoms. The summed E-state index contributed by atoms with van der Waals surface area (Å²) in [5, 5.41) is 0.00465. The molecule has 0 spiro atoms. The lowest BCUT2D eigenvalue weighted by Crippen LogP contribution is -2.02. The first-order valence-corrected chi connectivity index (χ1v) is 5.73. The normalized spacial score (nSPS) is 12.6. The van der Waals surface area contributed by atoms with Gasteiger partial charge >= 0.3 is 6.18 Å². The monoisotopic (exact) mass is 285 g/mol. The van der Waals surface area contributed by atoms with Crippen LogP contribution in [-0.4, -0.2) is 10.3 Å². The third-order valence-electron chi connectivity index (χ3n) is 1.32. The van der Waals surface area contributed by atoms with E-state index in [0.29, 0.717) is 16.2 Å². The largest absolute Gasteiger partial charge is 0.443 e. The van der Waals surface area contributed by atoms with Crippen molar-refractivity contribution in [3.63, 3.8) is 0 Å². The van der Waals surface area contributed by atoms with Crippen molar-refractivity contribution in [3.05, 3.63) is 22.2 Å². The standard InChI is InChI=1S/C8H7BrF3NS/c9-4-2-1-3-6-5-13-7(14-6)8(10,11)12/h1,3,5H,2,4H2/b3-1+. The molecule has 14 heavy (non-hydrogen) atoms. The molecule has 0 aliphatic carbocycles. The lowest BCUT2D eigenvalue weighted by molar-refractivity contribution is -0.137. The highest BCUT2D eigenvalue weighted by molar-refractivity contribution is 9.09. The van der Waals surface area contributed by atoms with Gasteiger partial charge in [-0.3, -0.25) is 0 Å².